The Balaban J connectivity index is 2.17. The van der Waals surface area contributed by atoms with Gasteiger partial charge in [-0.15, -0.1) is 0 Å². The number of hydrogen-bond donors (Lipinski definition) is 1. The number of rotatable bonds is 2. The Bertz CT molecular complexity index is 480. The fraction of sp³-hybridized carbons (Fsp3) is 0.571. The van der Waals surface area contributed by atoms with Crippen LogP contribution in [0.2, 0.25) is 5.02 Å². The first-order valence-electron chi connectivity index (χ1n) is 6.49. The number of ether oxygens (including phenoxy) is 2. The lowest BCUT2D eigenvalue weighted by Gasteiger charge is -2.20. The van der Waals surface area contributed by atoms with Crippen molar-refractivity contribution in [1.82, 2.24) is 0 Å². The van der Waals surface area contributed by atoms with E-state index in [0.717, 1.165) is 42.6 Å². The molecule has 18 heavy (non-hydrogen) atoms. The summed E-state index contributed by atoms with van der Waals surface area (Å²) < 4.78 is 11.5. The van der Waals surface area contributed by atoms with Crippen LogP contribution in [0.4, 0.5) is 0 Å². The van der Waals surface area contributed by atoms with Crippen molar-refractivity contribution in [1.29, 1.82) is 0 Å². The molecule has 3 rings (SSSR count). The molecule has 0 atom stereocenters. The zero-order chi connectivity index (χ0) is 12.8. The highest BCUT2D eigenvalue weighted by Gasteiger charge is 2.45. The molecular weight excluding hydrogens is 252 g/mol. The summed E-state index contributed by atoms with van der Waals surface area (Å²) in [6.45, 7) is 3.32. The van der Waals surface area contributed by atoms with Gasteiger partial charge in [-0.25, -0.2) is 0 Å². The quantitative estimate of drug-likeness (QED) is 0.896. The fourth-order valence-corrected chi connectivity index (χ4v) is 2.75. The summed E-state index contributed by atoms with van der Waals surface area (Å²) in [7, 11) is 0. The van der Waals surface area contributed by atoms with Crippen LogP contribution in [0.5, 0.6) is 11.5 Å². The van der Waals surface area contributed by atoms with Crippen LogP contribution in [0, 0.1) is 0 Å². The van der Waals surface area contributed by atoms with Crippen molar-refractivity contribution in [3.8, 4) is 11.5 Å². The summed E-state index contributed by atoms with van der Waals surface area (Å²) in [5.74, 6) is 1.37. The molecule has 1 aromatic carbocycles. The number of benzene rings is 1. The van der Waals surface area contributed by atoms with Crippen LogP contribution in [-0.4, -0.2) is 18.3 Å². The maximum Gasteiger partial charge on any atom is 0.180 e. The van der Waals surface area contributed by atoms with Crippen molar-refractivity contribution in [3.05, 3.63) is 22.2 Å². The molecule has 1 aromatic rings. The molecule has 1 saturated carbocycles. The summed E-state index contributed by atoms with van der Waals surface area (Å²) in [6.07, 6.45) is 3.26. The maximum absolute atomic E-state index is 10.4. The second kappa shape index (κ2) is 4.32. The van der Waals surface area contributed by atoms with E-state index >= 15 is 0 Å². The van der Waals surface area contributed by atoms with Gasteiger partial charge in [0.25, 0.3) is 0 Å². The molecule has 0 amide bonds. The molecule has 1 aliphatic carbocycles. The molecule has 0 aromatic heterocycles. The van der Waals surface area contributed by atoms with E-state index in [1.165, 1.54) is 0 Å². The molecular formula is C14H17ClO3. The van der Waals surface area contributed by atoms with Gasteiger partial charge in [-0.2, -0.15) is 0 Å². The minimum Gasteiger partial charge on any atom is -0.489 e. The van der Waals surface area contributed by atoms with Crippen LogP contribution < -0.4 is 9.47 Å². The van der Waals surface area contributed by atoms with Gasteiger partial charge in [0, 0.05) is 12.0 Å². The van der Waals surface area contributed by atoms with Crippen LogP contribution in [0.15, 0.2) is 6.07 Å². The first-order valence-corrected chi connectivity index (χ1v) is 6.87. The zero-order valence-electron chi connectivity index (χ0n) is 10.5. The first kappa shape index (κ1) is 12.1. The van der Waals surface area contributed by atoms with Crippen molar-refractivity contribution in [2.45, 2.75) is 38.2 Å². The lowest BCUT2D eigenvalue weighted by Crippen LogP contribution is -2.10. The lowest BCUT2D eigenvalue weighted by molar-refractivity contribution is 0.149. The third-order valence-electron chi connectivity index (χ3n) is 3.65. The predicted molar refractivity (Wildman–Crippen MR) is 69.6 cm³/mol. The van der Waals surface area contributed by atoms with E-state index < -0.39 is 5.60 Å². The average molecular weight is 269 g/mol. The Morgan fingerprint density at radius 3 is 2.56 bits per heavy atom. The van der Waals surface area contributed by atoms with Gasteiger partial charge in [-0.3, -0.25) is 0 Å². The van der Waals surface area contributed by atoms with Gasteiger partial charge in [0.1, 0.15) is 0 Å². The molecule has 1 fully saturated rings. The molecule has 0 unspecified atom stereocenters. The van der Waals surface area contributed by atoms with Crippen LogP contribution in [0.3, 0.4) is 0 Å². The van der Waals surface area contributed by atoms with Gasteiger partial charge in [0.2, 0.25) is 0 Å². The van der Waals surface area contributed by atoms with E-state index in [1.807, 2.05) is 6.07 Å². The highest BCUT2D eigenvalue weighted by Crippen LogP contribution is 2.52. The summed E-state index contributed by atoms with van der Waals surface area (Å²) >= 11 is 6.27. The topological polar surface area (TPSA) is 38.7 Å². The number of halogens is 1. The fourth-order valence-electron chi connectivity index (χ4n) is 2.50. The molecule has 1 heterocycles. The van der Waals surface area contributed by atoms with Gasteiger partial charge in [-0.05, 0) is 30.9 Å². The Labute approximate surface area is 112 Å². The van der Waals surface area contributed by atoms with Crippen molar-refractivity contribution in [2.24, 2.45) is 0 Å². The van der Waals surface area contributed by atoms with E-state index in [0.29, 0.717) is 24.0 Å². The summed E-state index contributed by atoms with van der Waals surface area (Å²) in [5.41, 5.74) is 1.26. The van der Waals surface area contributed by atoms with Gasteiger partial charge in [-0.1, -0.05) is 18.5 Å². The smallest absolute Gasteiger partial charge is 0.180 e. The van der Waals surface area contributed by atoms with Crippen molar-refractivity contribution < 1.29 is 14.6 Å². The standard InChI is InChI=1S/C14H17ClO3/c1-2-9-10(14(16)4-5-14)8-11(15)13-12(9)17-6-3-7-18-13/h8,16H,2-7H2,1H3. The van der Waals surface area contributed by atoms with E-state index in [4.69, 9.17) is 21.1 Å². The molecule has 3 nitrogen and oxygen atoms in total. The molecule has 1 N–H and O–H groups in total. The molecule has 0 spiro atoms. The minimum atomic E-state index is -0.695. The molecule has 0 bridgehead atoms. The Kier molecular flexibility index (Phi) is 2.91. The normalized spacial score (nSPS) is 20.4. The monoisotopic (exact) mass is 268 g/mol. The third kappa shape index (κ3) is 1.86. The van der Waals surface area contributed by atoms with Gasteiger partial charge < -0.3 is 14.6 Å². The van der Waals surface area contributed by atoms with Crippen LogP contribution in [0.25, 0.3) is 0 Å². The number of aliphatic hydroxyl groups is 1. The first-order chi connectivity index (χ1) is 8.65. The van der Waals surface area contributed by atoms with E-state index in [1.54, 1.807) is 0 Å². The van der Waals surface area contributed by atoms with Crippen LogP contribution in [-0.2, 0) is 12.0 Å². The van der Waals surface area contributed by atoms with Crippen molar-refractivity contribution in [2.75, 3.05) is 13.2 Å². The van der Waals surface area contributed by atoms with E-state index in [2.05, 4.69) is 6.92 Å². The summed E-state index contributed by atoms with van der Waals surface area (Å²) in [5, 5.41) is 10.9. The van der Waals surface area contributed by atoms with Gasteiger partial charge >= 0.3 is 0 Å². The third-order valence-corrected chi connectivity index (χ3v) is 3.93. The molecule has 98 valence electrons. The molecule has 0 saturated heterocycles. The number of fused-ring (bicyclic) bond motifs is 1. The molecule has 1 aliphatic heterocycles. The second-order valence-corrected chi connectivity index (χ2v) is 5.39. The summed E-state index contributed by atoms with van der Waals surface area (Å²) in [6, 6.07) is 1.85. The maximum atomic E-state index is 10.4. The van der Waals surface area contributed by atoms with Crippen LogP contribution in [0.1, 0.15) is 37.3 Å². The van der Waals surface area contributed by atoms with Gasteiger partial charge in [0.05, 0.1) is 23.8 Å². The van der Waals surface area contributed by atoms with Crippen LogP contribution >= 0.6 is 11.6 Å². The highest BCUT2D eigenvalue weighted by molar-refractivity contribution is 6.32. The summed E-state index contributed by atoms with van der Waals surface area (Å²) in [4.78, 5) is 0. The lowest BCUT2D eigenvalue weighted by atomic mass is 9.97. The van der Waals surface area contributed by atoms with Gasteiger partial charge in [0.15, 0.2) is 11.5 Å². The van der Waals surface area contributed by atoms with Crippen molar-refractivity contribution >= 4 is 11.6 Å². The van der Waals surface area contributed by atoms with E-state index in [-0.39, 0.29) is 0 Å². The molecule has 0 radical (unpaired) electrons. The zero-order valence-corrected chi connectivity index (χ0v) is 11.2. The molecule has 4 heteroatoms. The second-order valence-electron chi connectivity index (χ2n) is 4.98. The highest BCUT2D eigenvalue weighted by atomic mass is 35.5. The number of hydrogen-bond acceptors (Lipinski definition) is 3. The largest absolute Gasteiger partial charge is 0.489 e. The van der Waals surface area contributed by atoms with E-state index in [9.17, 15) is 5.11 Å². The average Bonchev–Trinajstić information content (AvgIpc) is 3.13. The molecule has 2 aliphatic rings. The Morgan fingerprint density at radius 2 is 1.94 bits per heavy atom. The minimum absolute atomic E-state index is 0.541. The van der Waals surface area contributed by atoms with Crippen molar-refractivity contribution in [3.63, 3.8) is 0 Å². The Morgan fingerprint density at radius 1 is 1.28 bits per heavy atom. The SMILES string of the molecule is CCc1c(C2(O)CC2)cc(Cl)c2c1OCCCO2. The Hall–Kier alpha value is -0.930. The predicted octanol–water partition coefficient (Wildman–Crippen LogP) is 3.05.